The molecule has 5 heteroatoms. The highest BCUT2D eigenvalue weighted by molar-refractivity contribution is 8.13. The minimum atomic E-state index is 0.109. The summed E-state index contributed by atoms with van der Waals surface area (Å²) in [5, 5.41) is 0.109. The molecule has 1 saturated heterocycles. The van der Waals surface area contributed by atoms with Crippen LogP contribution in [0.25, 0.3) is 0 Å². The van der Waals surface area contributed by atoms with Crippen molar-refractivity contribution < 1.29 is 9.59 Å². The zero-order valence-corrected chi connectivity index (χ0v) is 13.1. The molecule has 2 aliphatic rings. The summed E-state index contributed by atoms with van der Waals surface area (Å²) in [5.74, 6) is 0.975. The predicted octanol–water partition coefficient (Wildman–Crippen LogP) is 2.83. The number of aryl methyl sites for hydroxylation is 2. The molecule has 0 N–H and O–H groups in total. The first-order valence-corrected chi connectivity index (χ1v) is 8.45. The third kappa shape index (κ3) is 3.07. The Balaban J connectivity index is 1.67. The van der Waals surface area contributed by atoms with Crippen molar-refractivity contribution in [3.63, 3.8) is 0 Å². The van der Waals surface area contributed by atoms with Crippen LogP contribution in [-0.2, 0) is 11.2 Å². The van der Waals surface area contributed by atoms with Crippen LogP contribution in [0, 0.1) is 6.92 Å². The zero-order chi connectivity index (χ0) is 14.8. The van der Waals surface area contributed by atoms with Crippen LogP contribution < -0.4 is 4.90 Å². The fraction of sp³-hybridized carbons (Fsp3) is 0.500. The van der Waals surface area contributed by atoms with E-state index in [9.17, 15) is 9.59 Å². The number of anilines is 1. The lowest BCUT2D eigenvalue weighted by Crippen LogP contribution is -2.38. The number of carbonyl (C=O) groups is 2. The summed E-state index contributed by atoms with van der Waals surface area (Å²) in [6.07, 6.45) is 2.47. The Kier molecular flexibility index (Phi) is 4.19. The Morgan fingerprint density at radius 3 is 2.95 bits per heavy atom. The average molecular weight is 304 g/mol. The van der Waals surface area contributed by atoms with Gasteiger partial charge in [-0.25, -0.2) is 0 Å². The fourth-order valence-electron chi connectivity index (χ4n) is 2.98. The van der Waals surface area contributed by atoms with Crippen LogP contribution in [-0.4, -0.2) is 41.4 Å². The first-order valence-electron chi connectivity index (χ1n) is 7.47. The Morgan fingerprint density at radius 1 is 1.33 bits per heavy atom. The van der Waals surface area contributed by atoms with Gasteiger partial charge in [-0.3, -0.25) is 9.59 Å². The first-order chi connectivity index (χ1) is 10.1. The Morgan fingerprint density at radius 2 is 2.19 bits per heavy atom. The Labute approximate surface area is 129 Å². The highest BCUT2D eigenvalue weighted by Crippen LogP contribution is 2.28. The van der Waals surface area contributed by atoms with Gasteiger partial charge in [-0.05, 0) is 31.4 Å². The summed E-state index contributed by atoms with van der Waals surface area (Å²) >= 11 is 1.34. The van der Waals surface area contributed by atoms with Gasteiger partial charge in [0.25, 0.3) is 5.24 Å². The quantitative estimate of drug-likeness (QED) is 0.862. The molecule has 0 spiro atoms. The number of fused-ring (bicyclic) bond motifs is 1. The first kappa shape index (κ1) is 14.4. The maximum Gasteiger partial charge on any atom is 0.281 e. The summed E-state index contributed by atoms with van der Waals surface area (Å²) in [6.45, 7) is 4.18. The van der Waals surface area contributed by atoms with Gasteiger partial charge in [-0.2, -0.15) is 0 Å². The second-order valence-electron chi connectivity index (χ2n) is 5.63. The van der Waals surface area contributed by atoms with Gasteiger partial charge in [0.15, 0.2) is 0 Å². The molecule has 2 heterocycles. The molecular weight excluding hydrogens is 284 g/mol. The zero-order valence-electron chi connectivity index (χ0n) is 12.3. The molecule has 1 aromatic rings. The van der Waals surface area contributed by atoms with Crippen molar-refractivity contribution in [1.82, 2.24) is 4.90 Å². The normalized spacial score (nSPS) is 18.0. The van der Waals surface area contributed by atoms with Crippen LogP contribution >= 0.6 is 11.8 Å². The van der Waals surface area contributed by atoms with Gasteiger partial charge < -0.3 is 9.80 Å². The number of amides is 2. The van der Waals surface area contributed by atoms with E-state index < -0.39 is 0 Å². The van der Waals surface area contributed by atoms with E-state index in [4.69, 9.17) is 0 Å². The molecule has 3 rings (SSSR count). The number of rotatable bonds is 3. The van der Waals surface area contributed by atoms with Crippen molar-refractivity contribution >= 4 is 28.6 Å². The summed E-state index contributed by atoms with van der Waals surface area (Å²) < 4.78 is 0. The van der Waals surface area contributed by atoms with Gasteiger partial charge in [-0.15, -0.1) is 0 Å². The maximum atomic E-state index is 12.5. The van der Waals surface area contributed by atoms with Crippen molar-refractivity contribution in [3.8, 4) is 0 Å². The fourth-order valence-corrected chi connectivity index (χ4v) is 3.83. The molecule has 112 valence electrons. The highest BCUT2D eigenvalue weighted by atomic mass is 32.2. The number of carbonyl (C=O) groups excluding carboxylic acids is 2. The predicted molar refractivity (Wildman–Crippen MR) is 85.9 cm³/mol. The molecule has 21 heavy (non-hydrogen) atoms. The molecule has 0 aromatic heterocycles. The molecule has 4 nitrogen and oxygen atoms in total. The number of nitrogens with zero attached hydrogens (tertiary/aromatic N) is 2. The molecule has 0 radical (unpaired) electrons. The summed E-state index contributed by atoms with van der Waals surface area (Å²) in [5.41, 5.74) is 3.56. The van der Waals surface area contributed by atoms with Crippen LogP contribution in [0.15, 0.2) is 18.2 Å². The second kappa shape index (κ2) is 6.10. The Bertz CT molecular complexity index is 573. The van der Waals surface area contributed by atoms with E-state index in [-0.39, 0.29) is 11.1 Å². The summed E-state index contributed by atoms with van der Waals surface area (Å²) in [7, 11) is 0. The SMILES string of the molecule is Cc1ccc2c(c1)CCCN2C(=O)CCN1CCSC1=O. The van der Waals surface area contributed by atoms with Crippen molar-refractivity contribution in [2.24, 2.45) is 0 Å². The van der Waals surface area contributed by atoms with Crippen LogP contribution in [0.3, 0.4) is 0 Å². The van der Waals surface area contributed by atoms with E-state index in [0.29, 0.717) is 13.0 Å². The standard InChI is InChI=1S/C16H20N2O2S/c1-12-4-5-14-13(11-12)3-2-7-18(14)15(19)6-8-17-9-10-21-16(17)20/h4-5,11H,2-3,6-10H2,1H3. The molecule has 1 fully saturated rings. The van der Waals surface area contributed by atoms with Crippen LogP contribution in [0.5, 0.6) is 0 Å². The van der Waals surface area contributed by atoms with Crippen LogP contribution in [0.2, 0.25) is 0 Å². The third-order valence-electron chi connectivity index (χ3n) is 4.10. The topological polar surface area (TPSA) is 40.6 Å². The third-order valence-corrected chi connectivity index (χ3v) is 4.99. The van der Waals surface area contributed by atoms with Gasteiger partial charge in [0.1, 0.15) is 0 Å². The second-order valence-corrected chi connectivity index (χ2v) is 6.68. The van der Waals surface area contributed by atoms with Gasteiger partial charge >= 0.3 is 0 Å². The lowest BCUT2D eigenvalue weighted by atomic mass is 9.99. The molecule has 2 amide bonds. The molecule has 0 bridgehead atoms. The van der Waals surface area contributed by atoms with E-state index in [1.807, 2.05) is 4.90 Å². The van der Waals surface area contributed by atoms with Gasteiger partial charge in [0.05, 0.1) is 0 Å². The molecule has 0 saturated carbocycles. The maximum absolute atomic E-state index is 12.5. The highest BCUT2D eigenvalue weighted by Gasteiger charge is 2.25. The number of thioether (sulfide) groups is 1. The van der Waals surface area contributed by atoms with E-state index in [0.717, 1.165) is 37.4 Å². The van der Waals surface area contributed by atoms with Crippen LogP contribution in [0.4, 0.5) is 10.5 Å². The van der Waals surface area contributed by atoms with Gasteiger partial charge in [0, 0.05) is 37.5 Å². The van der Waals surface area contributed by atoms with Crippen LogP contribution in [0.1, 0.15) is 24.0 Å². The summed E-state index contributed by atoms with van der Waals surface area (Å²) in [6, 6.07) is 6.29. The minimum Gasteiger partial charge on any atom is -0.332 e. The molecule has 0 unspecified atom stereocenters. The Hall–Kier alpha value is -1.49. The van der Waals surface area contributed by atoms with E-state index >= 15 is 0 Å². The van der Waals surface area contributed by atoms with Gasteiger partial charge in [-0.1, -0.05) is 29.5 Å². The molecule has 1 aromatic carbocycles. The van der Waals surface area contributed by atoms with E-state index in [1.54, 1.807) is 4.90 Å². The lowest BCUT2D eigenvalue weighted by molar-refractivity contribution is -0.118. The largest absolute Gasteiger partial charge is 0.332 e. The number of hydrogen-bond donors (Lipinski definition) is 0. The number of hydrogen-bond acceptors (Lipinski definition) is 3. The molecular formula is C16H20N2O2S. The minimum absolute atomic E-state index is 0.109. The average Bonchev–Trinajstić information content (AvgIpc) is 2.89. The smallest absolute Gasteiger partial charge is 0.281 e. The summed E-state index contributed by atoms with van der Waals surface area (Å²) in [4.78, 5) is 27.7. The van der Waals surface area contributed by atoms with Gasteiger partial charge in [0.2, 0.25) is 5.91 Å². The monoisotopic (exact) mass is 304 g/mol. The molecule has 0 aliphatic carbocycles. The molecule has 2 aliphatic heterocycles. The number of benzene rings is 1. The van der Waals surface area contributed by atoms with Crippen molar-refractivity contribution in [2.75, 3.05) is 30.3 Å². The van der Waals surface area contributed by atoms with Crippen molar-refractivity contribution in [1.29, 1.82) is 0 Å². The van der Waals surface area contributed by atoms with E-state index in [1.165, 1.54) is 22.9 Å². The molecule has 0 atom stereocenters. The van der Waals surface area contributed by atoms with E-state index in [2.05, 4.69) is 25.1 Å². The van der Waals surface area contributed by atoms with Crippen molar-refractivity contribution in [3.05, 3.63) is 29.3 Å². The lowest BCUT2D eigenvalue weighted by Gasteiger charge is -2.30. The van der Waals surface area contributed by atoms with Crippen molar-refractivity contribution in [2.45, 2.75) is 26.2 Å².